The summed E-state index contributed by atoms with van der Waals surface area (Å²) in [5.41, 5.74) is -0.385. The quantitative estimate of drug-likeness (QED) is 0.672. The maximum absolute atomic E-state index is 13.6. The zero-order valence-corrected chi connectivity index (χ0v) is 11.7. The molecule has 0 aliphatic heterocycles. The number of anilines is 2. The van der Waals surface area contributed by atoms with Crippen LogP contribution in [0.15, 0.2) is 18.2 Å². The van der Waals surface area contributed by atoms with Crippen LogP contribution in [0.4, 0.5) is 24.7 Å². The van der Waals surface area contributed by atoms with Crippen molar-refractivity contribution in [3.8, 4) is 0 Å². The highest BCUT2D eigenvalue weighted by Gasteiger charge is 2.12. The van der Waals surface area contributed by atoms with E-state index in [4.69, 9.17) is 16.3 Å². The summed E-state index contributed by atoms with van der Waals surface area (Å²) in [6, 6.07) is 2.57. The molecule has 0 fully saturated rings. The summed E-state index contributed by atoms with van der Waals surface area (Å²) in [6.45, 7) is 2.38. The van der Waals surface area contributed by atoms with Crippen molar-refractivity contribution in [2.75, 3.05) is 11.9 Å². The van der Waals surface area contributed by atoms with Gasteiger partial charge < -0.3 is 10.1 Å². The van der Waals surface area contributed by atoms with Crippen molar-refractivity contribution in [2.24, 2.45) is 0 Å². The number of hydrogen-bond acceptors (Lipinski definition) is 4. The molecule has 1 N–H and O–H groups in total. The van der Waals surface area contributed by atoms with Crippen LogP contribution in [0.1, 0.15) is 12.7 Å². The molecule has 112 valence electrons. The molecule has 4 nitrogen and oxygen atoms in total. The first-order valence-corrected chi connectivity index (χ1v) is 6.40. The van der Waals surface area contributed by atoms with Crippen molar-refractivity contribution < 1.29 is 17.9 Å². The average molecular weight is 318 g/mol. The first-order chi connectivity index (χ1) is 9.99. The van der Waals surface area contributed by atoms with Crippen LogP contribution in [0.25, 0.3) is 0 Å². The lowest BCUT2D eigenvalue weighted by atomic mass is 10.3. The number of rotatable bonds is 5. The van der Waals surface area contributed by atoms with Crippen molar-refractivity contribution in [1.29, 1.82) is 0 Å². The maximum Gasteiger partial charge on any atom is 0.182 e. The molecular formula is C13H11ClF3N3O. The van der Waals surface area contributed by atoms with E-state index < -0.39 is 17.5 Å². The summed E-state index contributed by atoms with van der Waals surface area (Å²) >= 11 is 5.81. The van der Waals surface area contributed by atoms with Crippen molar-refractivity contribution in [3.63, 3.8) is 0 Å². The number of nitrogens with one attached hydrogen (secondary N) is 1. The smallest absolute Gasteiger partial charge is 0.182 e. The largest absolute Gasteiger partial charge is 0.374 e. The lowest BCUT2D eigenvalue weighted by molar-refractivity contribution is 0.128. The molecule has 0 aliphatic rings. The molecule has 0 unspecified atom stereocenters. The Labute approximate surface area is 123 Å². The number of halogens is 4. The molecule has 2 aromatic rings. The molecule has 0 amide bonds. The maximum atomic E-state index is 13.6. The van der Waals surface area contributed by atoms with E-state index in [-0.39, 0.29) is 29.1 Å². The van der Waals surface area contributed by atoms with Gasteiger partial charge in [-0.25, -0.2) is 23.1 Å². The van der Waals surface area contributed by atoms with E-state index >= 15 is 0 Å². The molecule has 0 aliphatic carbocycles. The summed E-state index contributed by atoms with van der Waals surface area (Å²) in [7, 11) is 0. The van der Waals surface area contributed by atoms with Crippen LogP contribution in [-0.4, -0.2) is 16.6 Å². The minimum Gasteiger partial charge on any atom is -0.374 e. The van der Waals surface area contributed by atoms with Crippen LogP contribution in [0.5, 0.6) is 0 Å². The first-order valence-electron chi connectivity index (χ1n) is 6.02. The standard InChI is InChI=1S/C13H11ClF3N3O/c1-2-21-6-12-19-10(14)5-11(20-12)18-9-4-7(15)3-8(16)13(9)17/h3-5H,2,6H2,1H3,(H,18,19,20). The topological polar surface area (TPSA) is 47.0 Å². The van der Waals surface area contributed by atoms with E-state index in [1.807, 2.05) is 0 Å². The second-order valence-electron chi connectivity index (χ2n) is 4.00. The van der Waals surface area contributed by atoms with Gasteiger partial charge in [0.1, 0.15) is 23.4 Å². The molecule has 1 aromatic carbocycles. The molecule has 0 saturated heterocycles. The van der Waals surface area contributed by atoms with Crippen LogP contribution < -0.4 is 5.32 Å². The summed E-state index contributed by atoms with van der Waals surface area (Å²) in [4.78, 5) is 7.94. The highest BCUT2D eigenvalue weighted by atomic mass is 35.5. The van der Waals surface area contributed by atoms with Gasteiger partial charge in [0.15, 0.2) is 17.5 Å². The Balaban J connectivity index is 2.29. The SMILES string of the molecule is CCOCc1nc(Cl)cc(Nc2cc(F)cc(F)c2F)n1. The molecule has 1 heterocycles. The van der Waals surface area contributed by atoms with E-state index in [2.05, 4.69) is 15.3 Å². The summed E-state index contributed by atoms with van der Waals surface area (Å²) in [6.07, 6.45) is 0. The van der Waals surface area contributed by atoms with Crippen LogP contribution in [0.3, 0.4) is 0 Å². The fourth-order valence-electron chi connectivity index (χ4n) is 1.57. The predicted molar refractivity (Wildman–Crippen MR) is 72.0 cm³/mol. The third-order valence-electron chi connectivity index (χ3n) is 2.43. The van der Waals surface area contributed by atoms with Gasteiger partial charge in [-0.05, 0) is 6.92 Å². The van der Waals surface area contributed by atoms with Gasteiger partial charge in [0.25, 0.3) is 0 Å². The number of nitrogens with zero attached hydrogens (tertiary/aromatic N) is 2. The molecule has 0 saturated carbocycles. The molecule has 0 atom stereocenters. The normalized spacial score (nSPS) is 10.7. The van der Waals surface area contributed by atoms with Gasteiger partial charge in [-0.2, -0.15) is 0 Å². The monoisotopic (exact) mass is 317 g/mol. The van der Waals surface area contributed by atoms with Gasteiger partial charge in [-0.1, -0.05) is 11.6 Å². The van der Waals surface area contributed by atoms with E-state index in [1.165, 1.54) is 6.07 Å². The number of hydrogen-bond donors (Lipinski definition) is 1. The molecule has 0 bridgehead atoms. The van der Waals surface area contributed by atoms with E-state index in [1.54, 1.807) is 6.92 Å². The Kier molecular flexibility index (Phi) is 4.98. The van der Waals surface area contributed by atoms with Gasteiger partial charge in [-0.3, -0.25) is 0 Å². The number of aromatic nitrogens is 2. The van der Waals surface area contributed by atoms with Crippen LogP contribution in [0, 0.1) is 17.5 Å². The third kappa shape index (κ3) is 4.05. The predicted octanol–water partition coefficient (Wildman–Crippen LogP) is 3.83. The van der Waals surface area contributed by atoms with Gasteiger partial charge in [0.05, 0.1) is 5.69 Å². The van der Waals surface area contributed by atoms with Gasteiger partial charge in [0.2, 0.25) is 0 Å². The van der Waals surface area contributed by atoms with Gasteiger partial charge in [-0.15, -0.1) is 0 Å². The van der Waals surface area contributed by atoms with Crippen LogP contribution >= 0.6 is 11.6 Å². The Bertz CT molecular complexity index is 655. The third-order valence-corrected chi connectivity index (χ3v) is 2.63. The number of ether oxygens (including phenoxy) is 1. The van der Waals surface area contributed by atoms with Crippen molar-refractivity contribution in [2.45, 2.75) is 13.5 Å². The fraction of sp³-hybridized carbons (Fsp3) is 0.231. The lowest BCUT2D eigenvalue weighted by Gasteiger charge is -2.09. The van der Waals surface area contributed by atoms with E-state index in [9.17, 15) is 13.2 Å². The summed E-state index contributed by atoms with van der Waals surface area (Å²) < 4.78 is 44.9. The Morgan fingerprint density at radius 2 is 1.95 bits per heavy atom. The highest BCUT2D eigenvalue weighted by Crippen LogP contribution is 2.23. The van der Waals surface area contributed by atoms with Crippen molar-refractivity contribution in [3.05, 3.63) is 46.6 Å². The van der Waals surface area contributed by atoms with Crippen LogP contribution in [-0.2, 0) is 11.3 Å². The molecule has 0 spiro atoms. The van der Waals surface area contributed by atoms with Gasteiger partial charge in [0, 0.05) is 24.8 Å². The minimum absolute atomic E-state index is 0.0967. The molecule has 0 radical (unpaired) electrons. The summed E-state index contributed by atoms with van der Waals surface area (Å²) in [5, 5.41) is 2.56. The molecule has 1 aromatic heterocycles. The lowest BCUT2D eigenvalue weighted by Crippen LogP contribution is -2.04. The van der Waals surface area contributed by atoms with E-state index in [0.717, 1.165) is 6.07 Å². The zero-order valence-electron chi connectivity index (χ0n) is 11.0. The Morgan fingerprint density at radius 1 is 1.19 bits per heavy atom. The average Bonchev–Trinajstić information content (AvgIpc) is 2.41. The van der Waals surface area contributed by atoms with Crippen molar-refractivity contribution in [1.82, 2.24) is 9.97 Å². The van der Waals surface area contributed by atoms with E-state index in [0.29, 0.717) is 12.7 Å². The minimum atomic E-state index is -1.30. The Hall–Kier alpha value is -1.86. The molecule has 21 heavy (non-hydrogen) atoms. The molecule has 2 rings (SSSR count). The second kappa shape index (κ2) is 6.73. The van der Waals surface area contributed by atoms with Gasteiger partial charge >= 0.3 is 0 Å². The fourth-order valence-corrected chi connectivity index (χ4v) is 1.77. The first kappa shape index (κ1) is 15.5. The molecular weight excluding hydrogens is 307 g/mol. The summed E-state index contributed by atoms with van der Waals surface area (Å²) in [5.74, 6) is -3.05. The number of benzene rings is 1. The molecule has 8 heteroatoms. The Morgan fingerprint density at radius 3 is 2.67 bits per heavy atom. The van der Waals surface area contributed by atoms with Crippen LogP contribution in [0.2, 0.25) is 5.15 Å². The van der Waals surface area contributed by atoms with Crippen molar-refractivity contribution >= 4 is 23.1 Å². The highest BCUT2D eigenvalue weighted by molar-refractivity contribution is 6.29. The second-order valence-corrected chi connectivity index (χ2v) is 4.39. The zero-order chi connectivity index (χ0) is 15.4.